The van der Waals surface area contributed by atoms with Gasteiger partial charge in [0.25, 0.3) is 0 Å². The molecule has 0 saturated heterocycles. The van der Waals surface area contributed by atoms with Crippen LogP contribution in [0.1, 0.15) is 0 Å². The lowest BCUT2D eigenvalue weighted by molar-refractivity contribution is 0.477. The number of benzene rings is 9. The minimum atomic E-state index is 0.215. The molecule has 0 bridgehead atoms. The van der Waals surface area contributed by atoms with E-state index < -0.39 is 0 Å². The molecule has 5 heteroatoms. The number of fused-ring (bicyclic) bond motifs is 8. The summed E-state index contributed by atoms with van der Waals surface area (Å²) in [4.78, 5) is 0. The maximum atomic E-state index is 11.3. The quantitative estimate of drug-likeness (QED) is 0.178. The first-order chi connectivity index (χ1) is 29.2. The third-order valence-electron chi connectivity index (χ3n) is 11.8. The highest BCUT2D eigenvalue weighted by Crippen LogP contribution is 2.41. The second kappa shape index (κ2) is 13.2. The highest BCUT2D eigenvalue weighted by atomic mass is 16.5. The van der Waals surface area contributed by atoms with Gasteiger partial charge in [0.2, 0.25) is 7.28 Å². The van der Waals surface area contributed by atoms with Crippen molar-refractivity contribution in [2.24, 2.45) is 0 Å². The van der Waals surface area contributed by atoms with E-state index in [0.717, 1.165) is 94.6 Å². The number of aromatic hydroxyl groups is 1. The zero-order chi connectivity index (χ0) is 39.0. The molecule has 12 rings (SSSR count). The van der Waals surface area contributed by atoms with E-state index in [2.05, 4.69) is 164 Å². The largest absolute Gasteiger partial charge is 0.507 e. The van der Waals surface area contributed by atoms with Gasteiger partial charge in [-0.2, -0.15) is 0 Å². The van der Waals surface area contributed by atoms with Crippen LogP contribution in [0.25, 0.3) is 93.9 Å². The maximum Gasteiger partial charge on any atom is 0.202 e. The lowest BCUT2D eigenvalue weighted by Crippen LogP contribution is -2.35. The second-order valence-corrected chi connectivity index (χ2v) is 15.2. The van der Waals surface area contributed by atoms with Crippen molar-refractivity contribution in [3.63, 3.8) is 0 Å². The van der Waals surface area contributed by atoms with Gasteiger partial charge in [0, 0.05) is 32.7 Å². The van der Waals surface area contributed by atoms with Crippen molar-refractivity contribution in [3.8, 4) is 67.4 Å². The van der Waals surface area contributed by atoms with Gasteiger partial charge in [-0.1, -0.05) is 133 Å². The molecule has 2 aromatic heterocycles. The molecular formula is C54H33BNO3. The Bertz CT molecular complexity index is 3430. The Morgan fingerprint density at radius 1 is 0.424 bits per heavy atom. The van der Waals surface area contributed by atoms with Gasteiger partial charge in [-0.3, -0.25) is 0 Å². The second-order valence-electron chi connectivity index (χ2n) is 15.2. The highest BCUT2D eigenvalue weighted by molar-refractivity contribution is 6.71. The number of phenols is 1. The van der Waals surface area contributed by atoms with E-state index in [1.165, 1.54) is 21.8 Å². The fourth-order valence-corrected chi connectivity index (χ4v) is 9.12. The molecule has 59 heavy (non-hydrogen) atoms. The van der Waals surface area contributed by atoms with Crippen LogP contribution in [0, 0.1) is 0 Å². The van der Waals surface area contributed by atoms with Gasteiger partial charge in [0.05, 0.1) is 16.7 Å². The van der Waals surface area contributed by atoms with Crippen molar-refractivity contribution in [1.29, 1.82) is 0 Å². The van der Waals surface area contributed by atoms with E-state index in [0.29, 0.717) is 0 Å². The minimum absolute atomic E-state index is 0.215. The number of hydrogen-bond donors (Lipinski definition) is 1. The number of rotatable bonds is 5. The Morgan fingerprint density at radius 2 is 1.07 bits per heavy atom. The summed E-state index contributed by atoms with van der Waals surface area (Å²) in [6.07, 6.45) is 0. The van der Waals surface area contributed by atoms with Crippen molar-refractivity contribution in [2.45, 2.75) is 0 Å². The van der Waals surface area contributed by atoms with E-state index in [1.54, 1.807) is 6.07 Å². The first-order valence-electron chi connectivity index (χ1n) is 19.9. The molecule has 0 atom stereocenters. The minimum Gasteiger partial charge on any atom is -0.507 e. The molecule has 0 amide bonds. The zero-order valence-electron chi connectivity index (χ0n) is 31.8. The van der Waals surface area contributed by atoms with E-state index in [9.17, 15) is 5.11 Å². The SMILES string of the molecule is Oc1ccccc1-c1cc(-c2cccc(-c3cccc4oc5ccccc5c34)c2)cc2c1[B]c1cc(-c3ccccc3-n3c4ccccc4c4ccccc43)ccc1O2. The van der Waals surface area contributed by atoms with E-state index >= 15 is 0 Å². The van der Waals surface area contributed by atoms with E-state index in [4.69, 9.17) is 9.15 Å². The summed E-state index contributed by atoms with van der Waals surface area (Å²) in [5.41, 5.74) is 15.2. The summed E-state index contributed by atoms with van der Waals surface area (Å²) in [5.74, 6) is 1.73. The Kier molecular flexibility index (Phi) is 7.44. The number of furan rings is 1. The van der Waals surface area contributed by atoms with Gasteiger partial charge < -0.3 is 18.8 Å². The van der Waals surface area contributed by atoms with E-state index in [-0.39, 0.29) is 5.75 Å². The Morgan fingerprint density at radius 3 is 1.90 bits per heavy atom. The van der Waals surface area contributed by atoms with Crippen LogP contribution in [0.4, 0.5) is 0 Å². The van der Waals surface area contributed by atoms with Gasteiger partial charge in [0.1, 0.15) is 28.4 Å². The van der Waals surface area contributed by atoms with Crippen molar-refractivity contribution in [2.75, 3.05) is 0 Å². The van der Waals surface area contributed by atoms with Crippen LogP contribution in [0.3, 0.4) is 0 Å². The van der Waals surface area contributed by atoms with Crippen LogP contribution in [-0.2, 0) is 0 Å². The third kappa shape index (κ3) is 5.32. The van der Waals surface area contributed by atoms with Crippen molar-refractivity contribution >= 4 is 61.9 Å². The molecule has 0 unspecified atom stereocenters. The number of para-hydroxylation sites is 5. The molecule has 1 aliphatic rings. The number of aromatic nitrogens is 1. The highest BCUT2D eigenvalue weighted by Gasteiger charge is 2.26. The first-order valence-corrected chi connectivity index (χ1v) is 19.9. The van der Waals surface area contributed by atoms with Crippen LogP contribution in [0.5, 0.6) is 17.2 Å². The molecule has 9 aromatic carbocycles. The van der Waals surface area contributed by atoms with Crippen molar-refractivity contribution < 1.29 is 14.3 Å². The van der Waals surface area contributed by atoms with Gasteiger partial charge in [-0.25, -0.2) is 0 Å². The van der Waals surface area contributed by atoms with Crippen LogP contribution in [0.15, 0.2) is 199 Å². The molecule has 275 valence electrons. The number of nitrogens with zero attached hydrogens (tertiary/aromatic N) is 1. The lowest BCUT2D eigenvalue weighted by Gasteiger charge is -2.25. The standard InChI is InChI=1S/C54H33BNO3/c57-48-24-9-4-18-41(48)43-30-36(33-13-11-14-34(29-33)38-20-12-26-51-53(38)42-19-5-10-25-49(42)58-51)32-52-54(43)55-44-31-35(27-28-50(44)59-52)37-15-1-6-21-45(37)56-46-22-7-2-16-39(46)40-17-3-8-23-47(40)56/h1-32,57H. The molecule has 1 radical (unpaired) electrons. The summed E-state index contributed by atoms with van der Waals surface area (Å²) in [6, 6.07) is 67.2. The summed E-state index contributed by atoms with van der Waals surface area (Å²) in [6.45, 7) is 0. The normalized spacial score (nSPS) is 12.1. The molecule has 11 aromatic rings. The first kappa shape index (κ1) is 33.4. The molecule has 0 fully saturated rings. The number of ether oxygens (including phenoxy) is 1. The van der Waals surface area contributed by atoms with Gasteiger partial charge >= 0.3 is 0 Å². The third-order valence-corrected chi connectivity index (χ3v) is 11.8. The Labute approximate surface area is 341 Å². The maximum absolute atomic E-state index is 11.3. The van der Waals surface area contributed by atoms with Gasteiger partial charge in [-0.15, -0.1) is 0 Å². The predicted octanol–water partition coefficient (Wildman–Crippen LogP) is 12.8. The zero-order valence-corrected chi connectivity index (χ0v) is 31.8. The molecule has 1 aliphatic heterocycles. The van der Waals surface area contributed by atoms with Crippen molar-refractivity contribution in [3.05, 3.63) is 194 Å². The van der Waals surface area contributed by atoms with E-state index in [1.807, 2.05) is 36.4 Å². The molecule has 0 aliphatic carbocycles. The summed E-state index contributed by atoms with van der Waals surface area (Å²) in [7, 11) is 2.20. The summed E-state index contributed by atoms with van der Waals surface area (Å²) < 4.78 is 15.4. The fraction of sp³-hybridized carbons (Fsp3) is 0. The van der Waals surface area contributed by atoms with Crippen molar-refractivity contribution in [1.82, 2.24) is 4.57 Å². The number of phenolic OH excluding ortho intramolecular Hbond substituents is 1. The molecule has 3 heterocycles. The molecule has 1 N–H and O–H groups in total. The summed E-state index contributed by atoms with van der Waals surface area (Å²) in [5, 5.41) is 15.9. The average molecular weight is 755 g/mol. The molecular weight excluding hydrogens is 721 g/mol. The topological polar surface area (TPSA) is 47.5 Å². The molecule has 0 saturated carbocycles. The molecule has 0 spiro atoms. The van der Waals surface area contributed by atoms with Crippen LogP contribution in [-0.4, -0.2) is 17.0 Å². The summed E-state index contributed by atoms with van der Waals surface area (Å²) >= 11 is 0. The lowest BCUT2D eigenvalue weighted by atomic mass is 9.59. The van der Waals surface area contributed by atoms with Crippen LogP contribution < -0.4 is 15.7 Å². The molecule has 4 nitrogen and oxygen atoms in total. The van der Waals surface area contributed by atoms with Gasteiger partial charge in [0.15, 0.2) is 0 Å². The van der Waals surface area contributed by atoms with Crippen LogP contribution >= 0.6 is 0 Å². The predicted molar refractivity (Wildman–Crippen MR) is 243 cm³/mol. The monoisotopic (exact) mass is 754 g/mol. The fourth-order valence-electron chi connectivity index (χ4n) is 9.12. The Balaban J connectivity index is 0.976. The van der Waals surface area contributed by atoms with Crippen LogP contribution in [0.2, 0.25) is 0 Å². The van der Waals surface area contributed by atoms with Gasteiger partial charge in [-0.05, 0) is 105 Å². The smallest absolute Gasteiger partial charge is 0.202 e. The average Bonchev–Trinajstić information content (AvgIpc) is 3.84. The Hall–Kier alpha value is -7.76. The number of hydrogen-bond acceptors (Lipinski definition) is 3.